The average molecular weight is 332 g/mol. The number of hydrogen-bond acceptors (Lipinski definition) is 5. The lowest BCUT2D eigenvalue weighted by Gasteiger charge is -2.32. The van der Waals surface area contributed by atoms with Crippen LogP contribution in [-0.4, -0.2) is 56.3 Å². The molecule has 4 rings (SSSR count). The van der Waals surface area contributed by atoms with Crippen molar-refractivity contribution in [3.63, 3.8) is 0 Å². The first-order chi connectivity index (χ1) is 11.8. The van der Waals surface area contributed by atoms with Gasteiger partial charge in [-0.05, 0) is 37.9 Å². The van der Waals surface area contributed by atoms with E-state index >= 15 is 0 Å². The molecular weight excluding hydrogens is 308 g/mol. The molecule has 130 valence electrons. The summed E-state index contributed by atoms with van der Waals surface area (Å²) < 4.78 is 16.6. The van der Waals surface area contributed by atoms with Crippen molar-refractivity contribution < 1.29 is 19.0 Å². The molecule has 0 aromatic heterocycles. The van der Waals surface area contributed by atoms with Crippen LogP contribution in [0, 0.1) is 0 Å². The fraction of sp³-hybridized carbons (Fsp3) is 0.611. The molecule has 0 bridgehead atoms. The molecule has 2 saturated heterocycles. The Labute approximate surface area is 142 Å². The van der Waals surface area contributed by atoms with E-state index in [0.717, 1.165) is 19.5 Å². The Bertz CT molecular complexity index is 616. The number of carbonyl (C=O) groups is 1. The molecule has 2 atom stereocenters. The molecular formula is C18H24N2O4. The van der Waals surface area contributed by atoms with Crippen molar-refractivity contribution in [2.24, 2.45) is 0 Å². The molecule has 1 amide bonds. The van der Waals surface area contributed by atoms with Crippen LogP contribution in [0.3, 0.4) is 0 Å². The lowest BCUT2D eigenvalue weighted by atomic mass is 9.98. The van der Waals surface area contributed by atoms with Gasteiger partial charge in [0.25, 0.3) is 5.91 Å². The SMILES string of the molecule is COc1cc(C(=O)N[C@H]2CCN3CCCC[C@@H]23)cc2c1OCCO2. The Hall–Kier alpha value is -1.95. The van der Waals surface area contributed by atoms with Gasteiger partial charge in [0.05, 0.1) is 7.11 Å². The van der Waals surface area contributed by atoms with Gasteiger partial charge in [-0.1, -0.05) is 6.42 Å². The van der Waals surface area contributed by atoms with E-state index in [0.29, 0.717) is 42.1 Å². The van der Waals surface area contributed by atoms with E-state index in [1.165, 1.54) is 19.3 Å². The molecule has 1 aromatic rings. The van der Waals surface area contributed by atoms with E-state index < -0.39 is 0 Å². The van der Waals surface area contributed by atoms with Crippen molar-refractivity contribution >= 4 is 5.91 Å². The molecule has 0 saturated carbocycles. The maximum atomic E-state index is 12.7. The molecule has 0 unspecified atom stereocenters. The van der Waals surface area contributed by atoms with Crippen LogP contribution in [0.15, 0.2) is 12.1 Å². The molecule has 3 aliphatic heterocycles. The molecule has 24 heavy (non-hydrogen) atoms. The minimum atomic E-state index is -0.0669. The summed E-state index contributed by atoms with van der Waals surface area (Å²) in [6.07, 6.45) is 4.73. The highest BCUT2D eigenvalue weighted by molar-refractivity contribution is 5.96. The van der Waals surface area contributed by atoms with Crippen LogP contribution in [0.25, 0.3) is 0 Å². The number of methoxy groups -OCH3 is 1. The monoisotopic (exact) mass is 332 g/mol. The smallest absolute Gasteiger partial charge is 0.251 e. The lowest BCUT2D eigenvalue weighted by molar-refractivity contribution is 0.0913. The van der Waals surface area contributed by atoms with Gasteiger partial charge in [-0.15, -0.1) is 0 Å². The molecule has 1 N–H and O–H groups in total. The normalized spacial score (nSPS) is 25.9. The number of piperidine rings is 1. The van der Waals surface area contributed by atoms with Crippen LogP contribution in [0.2, 0.25) is 0 Å². The van der Waals surface area contributed by atoms with Crippen molar-refractivity contribution in [3.05, 3.63) is 17.7 Å². The van der Waals surface area contributed by atoms with Gasteiger partial charge in [0, 0.05) is 24.2 Å². The van der Waals surface area contributed by atoms with Crippen LogP contribution in [-0.2, 0) is 0 Å². The predicted molar refractivity (Wildman–Crippen MR) is 89.1 cm³/mol. The minimum absolute atomic E-state index is 0.0669. The highest BCUT2D eigenvalue weighted by atomic mass is 16.6. The third-order valence-corrected chi connectivity index (χ3v) is 5.26. The van der Waals surface area contributed by atoms with Crippen molar-refractivity contribution in [1.82, 2.24) is 10.2 Å². The minimum Gasteiger partial charge on any atom is -0.493 e. The van der Waals surface area contributed by atoms with Crippen molar-refractivity contribution in [1.29, 1.82) is 0 Å². The Morgan fingerprint density at radius 1 is 1.21 bits per heavy atom. The average Bonchev–Trinajstić information content (AvgIpc) is 3.03. The molecule has 1 aromatic carbocycles. The summed E-state index contributed by atoms with van der Waals surface area (Å²) in [4.78, 5) is 15.3. The number of amides is 1. The third-order valence-electron chi connectivity index (χ3n) is 5.26. The Morgan fingerprint density at radius 2 is 2.08 bits per heavy atom. The number of nitrogens with zero attached hydrogens (tertiary/aromatic N) is 1. The number of rotatable bonds is 3. The summed E-state index contributed by atoms with van der Waals surface area (Å²) in [6.45, 7) is 3.23. The van der Waals surface area contributed by atoms with Gasteiger partial charge in [0.2, 0.25) is 5.75 Å². The van der Waals surface area contributed by atoms with Crippen LogP contribution >= 0.6 is 0 Å². The largest absolute Gasteiger partial charge is 0.493 e. The van der Waals surface area contributed by atoms with Crippen LogP contribution in [0.4, 0.5) is 0 Å². The van der Waals surface area contributed by atoms with Crippen molar-refractivity contribution in [3.8, 4) is 17.2 Å². The number of fused-ring (bicyclic) bond motifs is 2. The molecule has 3 heterocycles. The first-order valence-electron chi connectivity index (χ1n) is 8.79. The van der Waals surface area contributed by atoms with Gasteiger partial charge >= 0.3 is 0 Å². The topological polar surface area (TPSA) is 60.0 Å². The van der Waals surface area contributed by atoms with Crippen molar-refractivity contribution in [2.45, 2.75) is 37.8 Å². The predicted octanol–water partition coefficient (Wildman–Crippen LogP) is 1.82. The molecule has 3 aliphatic rings. The van der Waals surface area contributed by atoms with Crippen molar-refractivity contribution in [2.75, 3.05) is 33.4 Å². The van der Waals surface area contributed by atoms with E-state index in [4.69, 9.17) is 14.2 Å². The molecule has 6 heteroatoms. The van der Waals surface area contributed by atoms with E-state index in [-0.39, 0.29) is 11.9 Å². The number of hydrogen-bond donors (Lipinski definition) is 1. The number of ether oxygens (including phenoxy) is 3. The summed E-state index contributed by atoms with van der Waals surface area (Å²) in [7, 11) is 1.58. The zero-order valence-corrected chi connectivity index (χ0v) is 14.0. The molecule has 0 spiro atoms. The summed E-state index contributed by atoms with van der Waals surface area (Å²) in [6, 6.07) is 4.20. The highest BCUT2D eigenvalue weighted by Gasteiger charge is 2.36. The van der Waals surface area contributed by atoms with Gasteiger partial charge < -0.3 is 19.5 Å². The maximum absolute atomic E-state index is 12.7. The van der Waals surface area contributed by atoms with Crippen LogP contribution < -0.4 is 19.5 Å². The lowest BCUT2D eigenvalue weighted by Crippen LogP contribution is -2.46. The second-order valence-corrected chi connectivity index (χ2v) is 6.67. The fourth-order valence-electron chi connectivity index (χ4n) is 4.07. The highest BCUT2D eigenvalue weighted by Crippen LogP contribution is 2.40. The van der Waals surface area contributed by atoms with Crippen LogP contribution in [0.5, 0.6) is 17.2 Å². The number of benzene rings is 1. The van der Waals surface area contributed by atoms with E-state index in [9.17, 15) is 4.79 Å². The standard InChI is InChI=1S/C18H24N2O4/c1-22-15-10-12(11-16-17(15)24-9-8-23-16)18(21)19-13-5-7-20-6-3-2-4-14(13)20/h10-11,13-14H,2-9H2,1H3,(H,19,21)/t13-,14-/m0/s1. The Kier molecular flexibility index (Phi) is 4.22. The Morgan fingerprint density at radius 3 is 2.96 bits per heavy atom. The quantitative estimate of drug-likeness (QED) is 0.915. The molecule has 0 radical (unpaired) electrons. The number of nitrogens with one attached hydrogen (secondary N) is 1. The number of carbonyl (C=O) groups excluding carboxylic acids is 1. The second-order valence-electron chi connectivity index (χ2n) is 6.67. The third kappa shape index (κ3) is 2.79. The Balaban J connectivity index is 1.52. The molecule has 0 aliphatic carbocycles. The maximum Gasteiger partial charge on any atom is 0.251 e. The fourth-order valence-corrected chi connectivity index (χ4v) is 4.07. The van der Waals surface area contributed by atoms with Gasteiger partial charge in [-0.3, -0.25) is 9.69 Å². The summed E-state index contributed by atoms with van der Waals surface area (Å²) in [5.41, 5.74) is 0.561. The first kappa shape index (κ1) is 15.6. The van der Waals surface area contributed by atoms with Crippen LogP contribution in [0.1, 0.15) is 36.0 Å². The summed E-state index contributed by atoms with van der Waals surface area (Å²) in [5.74, 6) is 1.64. The summed E-state index contributed by atoms with van der Waals surface area (Å²) >= 11 is 0. The summed E-state index contributed by atoms with van der Waals surface area (Å²) in [5, 5.41) is 3.22. The van der Waals surface area contributed by atoms with Gasteiger partial charge in [-0.25, -0.2) is 0 Å². The van der Waals surface area contributed by atoms with Gasteiger partial charge in [-0.2, -0.15) is 0 Å². The van der Waals surface area contributed by atoms with E-state index in [2.05, 4.69) is 10.2 Å². The molecule has 6 nitrogen and oxygen atoms in total. The van der Waals surface area contributed by atoms with Gasteiger partial charge in [0.1, 0.15) is 13.2 Å². The zero-order chi connectivity index (χ0) is 16.5. The zero-order valence-electron chi connectivity index (χ0n) is 14.0. The van der Waals surface area contributed by atoms with E-state index in [1.807, 2.05) is 0 Å². The van der Waals surface area contributed by atoms with Gasteiger partial charge in [0.15, 0.2) is 11.5 Å². The molecule has 2 fully saturated rings. The van der Waals surface area contributed by atoms with E-state index in [1.54, 1.807) is 19.2 Å². The first-order valence-corrected chi connectivity index (χ1v) is 8.79. The second kappa shape index (κ2) is 6.51.